The molecule has 0 aliphatic heterocycles. The third kappa shape index (κ3) is 3.23. The second-order valence-electron chi connectivity index (χ2n) is 4.90. The molecule has 0 aliphatic rings. The largest absolute Gasteiger partial charge is 0.482 e. The summed E-state index contributed by atoms with van der Waals surface area (Å²) in [5.74, 6) is 0.184. The number of benzene rings is 2. The molecule has 2 aromatic rings. The van der Waals surface area contributed by atoms with Crippen LogP contribution in [-0.4, -0.2) is 11.9 Å². The molecule has 1 atom stereocenters. The summed E-state index contributed by atoms with van der Waals surface area (Å²) in [7, 11) is 0. The van der Waals surface area contributed by atoms with E-state index in [1.165, 1.54) is 24.3 Å². The van der Waals surface area contributed by atoms with E-state index in [9.17, 15) is 9.18 Å². The van der Waals surface area contributed by atoms with Crippen LogP contribution in [-0.2, 0) is 0 Å². The summed E-state index contributed by atoms with van der Waals surface area (Å²) in [6, 6.07) is 11.4. The van der Waals surface area contributed by atoms with Crippen LogP contribution in [0.2, 0.25) is 0 Å². The molecule has 20 heavy (non-hydrogen) atoms. The predicted molar refractivity (Wildman–Crippen MR) is 76.7 cm³/mol. The Morgan fingerprint density at radius 1 is 1.10 bits per heavy atom. The molecule has 0 fully saturated rings. The lowest BCUT2D eigenvalue weighted by molar-refractivity contribution is 0.0817. The van der Waals surface area contributed by atoms with Gasteiger partial charge in [-0.3, -0.25) is 4.79 Å². The number of rotatable bonds is 4. The summed E-state index contributed by atoms with van der Waals surface area (Å²) >= 11 is 0. The number of ether oxygens (including phenoxy) is 1. The maximum absolute atomic E-state index is 12.9. The van der Waals surface area contributed by atoms with Crippen molar-refractivity contribution in [1.82, 2.24) is 0 Å². The quantitative estimate of drug-likeness (QED) is 0.783. The normalized spacial score (nSPS) is 12.0. The van der Waals surface area contributed by atoms with Crippen LogP contribution in [0.3, 0.4) is 0 Å². The third-order valence-corrected chi connectivity index (χ3v) is 3.15. The van der Waals surface area contributed by atoms with E-state index in [1.807, 2.05) is 32.0 Å². The Kier molecular flexibility index (Phi) is 4.18. The zero-order valence-electron chi connectivity index (χ0n) is 11.8. The van der Waals surface area contributed by atoms with Gasteiger partial charge in [-0.1, -0.05) is 12.1 Å². The third-order valence-electron chi connectivity index (χ3n) is 3.15. The van der Waals surface area contributed by atoms with Gasteiger partial charge in [-0.05, 0) is 62.2 Å². The Morgan fingerprint density at radius 3 is 2.40 bits per heavy atom. The molecule has 1 unspecified atom stereocenters. The van der Waals surface area contributed by atoms with Crippen LogP contribution in [0, 0.1) is 19.7 Å². The number of ketones is 1. The van der Waals surface area contributed by atoms with Gasteiger partial charge in [0.05, 0.1) is 0 Å². The number of carbonyl (C=O) groups excluding carboxylic acids is 1. The highest BCUT2D eigenvalue weighted by molar-refractivity contribution is 5.99. The summed E-state index contributed by atoms with van der Waals surface area (Å²) in [6.07, 6.45) is -0.610. The van der Waals surface area contributed by atoms with Crippen LogP contribution in [0.25, 0.3) is 0 Å². The summed E-state index contributed by atoms with van der Waals surface area (Å²) in [4.78, 5) is 12.2. The lowest BCUT2D eigenvalue weighted by Crippen LogP contribution is -2.24. The number of carbonyl (C=O) groups is 1. The summed E-state index contributed by atoms with van der Waals surface area (Å²) in [6.45, 7) is 5.61. The first-order chi connectivity index (χ1) is 9.47. The number of aryl methyl sites for hydroxylation is 2. The minimum Gasteiger partial charge on any atom is -0.482 e. The van der Waals surface area contributed by atoms with E-state index in [4.69, 9.17) is 4.74 Å². The van der Waals surface area contributed by atoms with E-state index in [0.717, 1.165) is 11.1 Å². The van der Waals surface area contributed by atoms with E-state index in [1.54, 1.807) is 6.92 Å². The molecule has 0 aromatic heterocycles. The van der Waals surface area contributed by atoms with Crippen LogP contribution >= 0.6 is 0 Å². The highest BCUT2D eigenvalue weighted by Crippen LogP contribution is 2.21. The molecular weight excluding hydrogens is 255 g/mol. The van der Waals surface area contributed by atoms with Crippen molar-refractivity contribution in [3.05, 3.63) is 65.0 Å². The van der Waals surface area contributed by atoms with Crippen molar-refractivity contribution >= 4 is 5.78 Å². The highest BCUT2D eigenvalue weighted by Gasteiger charge is 2.17. The fourth-order valence-corrected chi connectivity index (χ4v) is 1.93. The van der Waals surface area contributed by atoms with Crippen molar-refractivity contribution in [3.63, 3.8) is 0 Å². The standard InChI is InChI=1S/C17H17FO2/c1-11-4-5-12(2)16(10-11)20-13(3)17(19)14-6-8-15(18)9-7-14/h4-10,13H,1-3H3. The lowest BCUT2D eigenvalue weighted by Gasteiger charge is -2.16. The van der Waals surface area contributed by atoms with Crippen molar-refractivity contribution in [2.45, 2.75) is 26.9 Å². The van der Waals surface area contributed by atoms with Crippen molar-refractivity contribution in [2.75, 3.05) is 0 Å². The van der Waals surface area contributed by atoms with Gasteiger partial charge in [0.1, 0.15) is 11.6 Å². The Bertz CT molecular complexity index is 617. The molecule has 0 saturated heterocycles. The Hall–Kier alpha value is -2.16. The Labute approximate surface area is 118 Å². The Balaban J connectivity index is 2.15. The number of hydrogen-bond acceptors (Lipinski definition) is 2. The van der Waals surface area contributed by atoms with Gasteiger partial charge < -0.3 is 4.74 Å². The zero-order chi connectivity index (χ0) is 14.7. The van der Waals surface area contributed by atoms with Gasteiger partial charge >= 0.3 is 0 Å². The van der Waals surface area contributed by atoms with E-state index in [0.29, 0.717) is 11.3 Å². The van der Waals surface area contributed by atoms with Crippen molar-refractivity contribution in [1.29, 1.82) is 0 Å². The van der Waals surface area contributed by atoms with Gasteiger partial charge in [0.2, 0.25) is 5.78 Å². The van der Waals surface area contributed by atoms with Gasteiger partial charge in [0, 0.05) is 5.56 Å². The SMILES string of the molecule is Cc1ccc(C)c(OC(C)C(=O)c2ccc(F)cc2)c1. The summed E-state index contributed by atoms with van der Waals surface area (Å²) < 4.78 is 18.6. The molecule has 104 valence electrons. The predicted octanol–water partition coefficient (Wildman–Crippen LogP) is 4.09. The summed E-state index contributed by atoms with van der Waals surface area (Å²) in [5.41, 5.74) is 2.51. The maximum atomic E-state index is 12.9. The minimum atomic E-state index is -0.610. The molecule has 0 amide bonds. The number of halogens is 1. The second-order valence-corrected chi connectivity index (χ2v) is 4.90. The minimum absolute atomic E-state index is 0.161. The zero-order valence-corrected chi connectivity index (χ0v) is 11.8. The molecule has 0 radical (unpaired) electrons. The molecule has 0 saturated carbocycles. The average Bonchev–Trinajstić information content (AvgIpc) is 2.43. The first-order valence-electron chi connectivity index (χ1n) is 6.51. The van der Waals surface area contributed by atoms with E-state index < -0.39 is 6.10 Å². The van der Waals surface area contributed by atoms with E-state index >= 15 is 0 Å². The van der Waals surface area contributed by atoms with Crippen molar-refractivity contribution in [3.8, 4) is 5.75 Å². The first-order valence-corrected chi connectivity index (χ1v) is 6.51. The molecule has 2 nitrogen and oxygen atoms in total. The smallest absolute Gasteiger partial charge is 0.202 e. The van der Waals surface area contributed by atoms with Gasteiger partial charge in [-0.25, -0.2) is 4.39 Å². The number of Topliss-reactive ketones (excluding diaryl/α,β-unsaturated/α-hetero) is 1. The lowest BCUT2D eigenvalue weighted by atomic mass is 10.1. The van der Waals surface area contributed by atoms with Crippen molar-refractivity contribution < 1.29 is 13.9 Å². The average molecular weight is 272 g/mol. The highest BCUT2D eigenvalue weighted by atomic mass is 19.1. The fourth-order valence-electron chi connectivity index (χ4n) is 1.93. The second kappa shape index (κ2) is 5.87. The van der Waals surface area contributed by atoms with Gasteiger partial charge in [-0.2, -0.15) is 0 Å². The molecule has 0 aliphatic carbocycles. The molecule has 2 aromatic carbocycles. The molecule has 0 heterocycles. The molecule has 0 bridgehead atoms. The Morgan fingerprint density at radius 2 is 1.75 bits per heavy atom. The fraction of sp³-hybridized carbons (Fsp3) is 0.235. The first kappa shape index (κ1) is 14.3. The van der Waals surface area contributed by atoms with Gasteiger partial charge in [-0.15, -0.1) is 0 Å². The molecule has 2 rings (SSSR count). The summed E-state index contributed by atoms with van der Waals surface area (Å²) in [5, 5.41) is 0. The molecular formula is C17H17FO2. The maximum Gasteiger partial charge on any atom is 0.202 e. The molecule has 0 spiro atoms. The topological polar surface area (TPSA) is 26.3 Å². The van der Waals surface area contributed by atoms with Crippen LogP contribution < -0.4 is 4.74 Å². The van der Waals surface area contributed by atoms with Crippen LogP contribution in [0.4, 0.5) is 4.39 Å². The molecule has 0 N–H and O–H groups in total. The van der Waals surface area contributed by atoms with Crippen LogP contribution in [0.5, 0.6) is 5.75 Å². The van der Waals surface area contributed by atoms with Crippen LogP contribution in [0.1, 0.15) is 28.4 Å². The van der Waals surface area contributed by atoms with Gasteiger partial charge in [0.25, 0.3) is 0 Å². The van der Waals surface area contributed by atoms with Gasteiger partial charge in [0.15, 0.2) is 6.10 Å². The number of hydrogen-bond donors (Lipinski definition) is 0. The molecule has 3 heteroatoms. The van der Waals surface area contributed by atoms with Crippen LogP contribution in [0.15, 0.2) is 42.5 Å². The monoisotopic (exact) mass is 272 g/mol. The van der Waals surface area contributed by atoms with E-state index in [-0.39, 0.29) is 11.6 Å². The van der Waals surface area contributed by atoms with E-state index in [2.05, 4.69) is 0 Å². The van der Waals surface area contributed by atoms with Crippen molar-refractivity contribution in [2.24, 2.45) is 0 Å².